The molecule has 0 spiro atoms. The molecule has 0 amide bonds. The van der Waals surface area contributed by atoms with E-state index in [1.165, 1.54) is 0 Å². The molecule has 0 fully saturated rings. The number of ether oxygens (including phenoxy) is 1. The molecule has 1 aromatic rings. The van der Waals surface area contributed by atoms with Gasteiger partial charge in [-0.1, -0.05) is 12.1 Å². The predicted octanol–water partition coefficient (Wildman–Crippen LogP) is 0.0928. The number of hydrogen-bond donors (Lipinski definition) is 2. The summed E-state index contributed by atoms with van der Waals surface area (Å²) in [4.78, 5) is 10.4. The fourth-order valence-corrected chi connectivity index (χ4v) is 1.22. The molecule has 0 aliphatic heterocycles. The average Bonchev–Trinajstić information content (AvgIpc) is 2.28. The second kappa shape index (κ2) is 6.16. The molecule has 4 heteroatoms. The van der Waals surface area contributed by atoms with E-state index in [2.05, 4.69) is 0 Å². The Balaban J connectivity index is 2.52. The number of rotatable bonds is 6. The van der Waals surface area contributed by atoms with Crippen LogP contribution in [0, 0.1) is 0 Å². The summed E-state index contributed by atoms with van der Waals surface area (Å²) in [6, 6.07) is 7.07. The maximum atomic E-state index is 10.4. The van der Waals surface area contributed by atoms with E-state index in [0.29, 0.717) is 19.6 Å². The summed E-state index contributed by atoms with van der Waals surface area (Å²) in [5.41, 5.74) is 11.8. The summed E-state index contributed by atoms with van der Waals surface area (Å²) < 4.78 is 5.32. The highest BCUT2D eigenvalue weighted by atomic mass is 16.5. The van der Waals surface area contributed by atoms with Crippen LogP contribution < -0.4 is 16.2 Å². The molecule has 1 rings (SSSR count). The van der Waals surface area contributed by atoms with Crippen molar-refractivity contribution in [2.75, 3.05) is 13.2 Å². The second-order valence-corrected chi connectivity index (χ2v) is 3.29. The maximum absolute atomic E-state index is 10.4. The van der Waals surface area contributed by atoms with E-state index in [1.54, 1.807) is 0 Å². The highest BCUT2D eigenvalue weighted by Crippen LogP contribution is 2.12. The van der Waals surface area contributed by atoms with Gasteiger partial charge in [0.15, 0.2) is 0 Å². The molecule has 0 saturated heterocycles. The first kappa shape index (κ1) is 11.7. The molecule has 0 aliphatic carbocycles. The van der Waals surface area contributed by atoms with Crippen LogP contribution in [-0.2, 0) is 11.2 Å². The van der Waals surface area contributed by atoms with Crippen LogP contribution in [0.1, 0.15) is 5.56 Å². The van der Waals surface area contributed by atoms with Crippen molar-refractivity contribution in [3.05, 3.63) is 29.8 Å². The SMILES string of the molecule is NCCOc1ccc(CC(N)C=O)cc1. The minimum absolute atomic E-state index is 0.430. The Morgan fingerprint density at radius 2 is 2.00 bits per heavy atom. The Kier molecular flexibility index (Phi) is 4.80. The molecule has 1 unspecified atom stereocenters. The molecule has 0 heterocycles. The second-order valence-electron chi connectivity index (χ2n) is 3.29. The summed E-state index contributed by atoms with van der Waals surface area (Å²) in [5, 5.41) is 0. The lowest BCUT2D eigenvalue weighted by Gasteiger charge is -2.07. The maximum Gasteiger partial charge on any atom is 0.137 e. The van der Waals surface area contributed by atoms with Crippen LogP contribution in [0.15, 0.2) is 24.3 Å². The Morgan fingerprint density at radius 3 is 2.53 bits per heavy atom. The van der Waals surface area contributed by atoms with Crippen LogP contribution in [0.5, 0.6) is 5.75 Å². The standard InChI is InChI=1S/C11H16N2O2/c12-5-6-15-11-3-1-9(2-4-11)7-10(13)8-14/h1-4,8,10H,5-7,12-13H2. The molecule has 0 bridgehead atoms. The van der Waals surface area contributed by atoms with Gasteiger partial charge >= 0.3 is 0 Å². The number of carbonyl (C=O) groups excluding carboxylic acids is 1. The Morgan fingerprint density at radius 1 is 1.33 bits per heavy atom. The first-order valence-corrected chi connectivity index (χ1v) is 4.89. The number of carbonyl (C=O) groups is 1. The van der Waals surface area contributed by atoms with E-state index in [1.807, 2.05) is 24.3 Å². The zero-order valence-corrected chi connectivity index (χ0v) is 8.56. The van der Waals surface area contributed by atoms with Crippen molar-refractivity contribution < 1.29 is 9.53 Å². The van der Waals surface area contributed by atoms with Gasteiger partial charge in [-0.05, 0) is 24.1 Å². The first-order valence-electron chi connectivity index (χ1n) is 4.89. The van der Waals surface area contributed by atoms with Crippen molar-refractivity contribution in [1.29, 1.82) is 0 Å². The zero-order valence-electron chi connectivity index (χ0n) is 8.56. The average molecular weight is 208 g/mol. The van der Waals surface area contributed by atoms with Crippen LogP contribution in [0.25, 0.3) is 0 Å². The van der Waals surface area contributed by atoms with Crippen molar-refractivity contribution >= 4 is 6.29 Å². The van der Waals surface area contributed by atoms with Crippen LogP contribution in [0.2, 0.25) is 0 Å². The molecule has 0 aliphatic rings. The minimum atomic E-state index is -0.430. The van der Waals surface area contributed by atoms with E-state index in [4.69, 9.17) is 16.2 Å². The Hall–Kier alpha value is -1.39. The third kappa shape index (κ3) is 4.10. The minimum Gasteiger partial charge on any atom is -0.492 e. The highest BCUT2D eigenvalue weighted by Gasteiger charge is 2.01. The van der Waals surface area contributed by atoms with Gasteiger partial charge in [-0.15, -0.1) is 0 Å². The molecule has 4 nitrogen and oxygen atoms in total. The van der Waals surface area contributed by atoms with Crippen molar-refractivity contribution in [1.82, 2.24) is 0 Å². The predicted molar refractivity (Wildman–Crippen MR) is 58.7 cm³/mol. The van der Waals surface area contributed by atoms with E-state index in [-0.39, 0.29) is 0 Å². The van der Waals surface area contributed by atoms with Crippen LogP contribution >= 0.6 is 0 Å². The summed E-state index contributed by atoms with van der Waals surface area (Å²) in [7, 11) is 0. The molecule has 4 N–H and O–H groups in total. The summed E-state index contributed by atoms with van der Waals surface area (Å²) in [6.07, 6.45) is 1.31. The topological polar surface area (TPSA) is 78.3 Å². The Labute approximate surface area is 89.2 Å². The van der Waals surface area contributed by atoms with Crippen molar-refractivity contribution in [3.8, 4) is 5.75 Å². The molecule has 15 heavy (non-hydrogen) atoms. The summed E-state index contributed by atoms with van der Waals surface area (Å²) >= 11 is 0. The van der Waals surface area contributed by atoms with Gasteiger partial charge in [0.2, 0.25) is 0 Å². The van der Waals surface area contributed by atoms with Gasteiger partial charge in [0.25, 0.3) is 0 Å². The lowest BCUT2D eigenvalue weighted by molar-refractivity contribution is -0.108. The lowest BCUT2D eigenvalue weighted by Crippen LogP contribution is -2.23. The van der Waals surface area contributed by atoms with Gasteiger partial charge in [0.05, 0.1) is 6.04 Å². The van der Waals surface area contributed by atoms with Gasteiger partial charge in [-0.25, -0.2) is 0 Å². The van der Waals surface area contributed by atoms with Gasteiger partial charge in [0.1, 0.15) is 18.6 Å². The molecule has 0 radical (unpaired) electrons. The molecule has 0 aromatic heterocycles. The quantitative estimate of drug-likeness (QED) is 0.649. The van der Waals surface area contributed by atoms with Crippen molar-refractivity contribution in [2.24, 2.45) is 11.5 Å². The molecule has 1 aromatic carbocycles. The van der Waals surface area contributed by atoms with Crippen LogP contribution in [-0.4, -0.2) is 25.5 Å². The van der Waals surface area contributed by atoms with E-state index >= 15 is 0 Å². The van der Waals surface area contributed by atoms with E-state index < -0.39 is 6.04 Å². The number of benzene rings is 1. The molecular weight excluding hydrogens is 192 g/mol. The van der Waals surface area contributed by atoms with Gasteiger partial charge < -0.3 is 21.0 Å². The Bertz CT molecular complexity index is 298. The zero-order chi connectivity index (χ0) is 11.1. The molecular formula is C11H16N2O2. The number of aldehydes is 1. The molecule has 1 atom stereocenters. The lowest BCUT2D eigenvalue weighted by atomic mass is 10.1. The van der Waals surface area contributed by atoms with Gasteiger partial charge in [-0.2, -0.15) is 0 Å². The number of nitrogens with two attached hydrogens (primary N) is 2. The summed E-state index contributed by atoms with van der Waals surface area (Å²) in [5.74, 6) is 0.781. The fraction of sp³-hybridized carbons (Fsp3) is 0.364. The van der Waals surface area contributed by atoms with E-state index in [0.717, 1.165) is 17.6 Å². The normalized spacial score (nSPS) is 12.1. The fourth-order valence-electron chi connectivity index (χ4n) is 1.22. The number of hydrogen-bond acceptors (Lipinski definition) is 4. The third-order valence-electron chi connectivity index (χ3n) is 1.96. The largest absolute Gasteiger partial charge is 0.492 e. The van der Waals surface area contributed by atoms with Gasteiger partial charge in [-0.3, -0.25) is 0 Å². The smallest absolute Gasteiger partial charge is 0.137 e. The van der Waals surface area contributed by atoms with Crippen LogP contribution in [0.4, 0.5) is 0 Å². The van der Waals surface area contributed by atoms with Crippen molar-refractivity contribution in [3.63, 3.8) is 0 Å². The van der Waals surface area contributed by atoms with Gasteiger partial charge in [0, 0.05) is 6.54 Å². The van der Waals surface area contributed by atoms with Crippen molar-refractivity contribution in [2.45, 2.75) is 12.5 Å². The van der Waals surface area contributed by atoms with E-state index in [9.17, 15) is 4.79 Å². The van der Waals surface area contributed by atoms with Crippen LogP contribution in [0.3, 0.4) is 0 Å². The first-order chi connectivity index (χ1) is 7.26. The third-order valence-corrected chi connectivity index (χ3v) is 1.96. The monoisotopic (exact) mass is 208 g/mol. The molecule has 0 saturated carbocycles. The highest BCUT2D eigenvalue weighted by molar-refractivity contribution is 5.57. The molecule has 82 valence electrons. The summed E-state index contributed by atoms with van der Waals surface area (Å²) in [6.45, 7) is 1.00.